The van der Waals surface area contributed by atoms with Crippen molar-refractivity contribution in [2.24, 2.45) is 0 Å². The number of hydrogen-bond donors (Lipinski definition) is 1. The average Bonchev–Trinajstić information content (AvgIpc) is 2.43. The number of hydrogen-bond acceptors (Lipinski definition) is 1. The number of benzene rings is 2. The van der Waals surface area contributed by atoms with Gasteiger partial charge in [-0.1, -0.05) is 0 Å². The zero-order chi connectivity index (χ0) is 13.8. The number of rotatable bonds is 2. The van der Waals surface area contributed by atoms with E-state index in [4.69, 9.17) is 11.8 Å². The van der Waals surface area contributed by atoms with Crippen LogP contribution in [0.4, 0.5) is 25.0 Å². The van der Waals surface area contributed by atoms with Crippen molar-refractivity contribution in [3.63, 3.8) is 0 Å². The third kappa shape index (κ3) is 3.00. The highest BCUT2D eigenvalue weighted by atomic mass is 35.5. The summed E-state index contributed by atoms with van der Waals surface area (Å²) >= 11 is 5.32. The van der Waals surface area contributed by atoms with Gasteiger partial charge in [-0.15, -0.1) is 0 Å². The number of amides is 2. The number of nitrogens with zero attached hydrogens (tertiary/aromatic N) is 1. The topological polar surface area (TPSA) is 32.3 Å². The van der Waals surface area contributed by atoms with E-state index in [0.29, 0.717) is 11.4 Å². The first-order chi connectivity index (χ1) is 9.11. The van der Waals surface area contributed by atoms with Crippen LogP contribution >= 0.6 is 11.8 Å². The molecule has 0 unspecified atom stereocenters. The Kier molecular flexibility index (Phi) is 3.97. The van der Waals surface area contributed by atoms with Crippen LogP contribution in [0.15, 0.2) is 48.5 Å². The summed E-state index contributed by atoms with van der Waals surface area (Å²) in [5.74, 6) is -0.844. The van der Waals surface area contributed by atoms with Gasteiger partial charge >= 0.3 is 6.03 Å². The zero-order valence-corrected chi connectivity index (χ0v) is 10.4. The summed E-state index contributed by atoms with van der Waals surface area (Å²) in [5, 5.41) is 0. The van der Waals surface area contributed by atoms with E-state index in [0.717, 1.165) is 0 Å². The lowest BCUT2D eigenvalue weighted by Crippen LogP contribution is -2.31. The average molecular weight is 283 g/mol. The summed E-state index contributed by atoms with van der Waals surface area (Å²) in [6.45, 7) is 0. The maximum atomic E-state index is 12.9. The van der Waals surface area contributed by atoms with E-state index in [-0.39, 0.29) is 0 Å². The first-order valence-electron chi connectivity index (χ1n) is 5.33. The van der Waals surface area contributed by atoms with Gasteiger partial charge in [-0.05, 0) is 48.5 Å². The van der Waals surface area contributed by atoms with Crippen LogP contribution in [0.2, 0.25) is 0 Å². The molecule has 1 N–H and O–H groups in total. The number of urea groups is 1. The fourth-order valence-electron chi connectivity index (χ4n) is 1.61. The minimum Gasteiger partial charge on any atom is -0.262 e. The Labute approximate surface area is 113 Å². The van der Waals surface area contributed by atoms with Gasteiger partial charge in [0.05, 0.1) is 11.4 Å². The lowest BCUT2D eigenvalue weighted by molar-refractivity contribution is 0.253. The van der Waals surface area contributed by atoms with E-state index in [1.54, 1.807) is 0 Å². The van der Waals surface area contributed by atoms with Crippen LogP contribution in [0.25, 0.3) is 0 Å². The van der Waals surface area contributed by atoms with E-state index in [1.807, 2.05) is 4.84 Å². The normalized spacial score (nSPS) is 10.1. The highest BCUT2D eigenvalue weighted by Gasteiger charge is 2.17. The van der Waals surface area contributed by atoms with Gasteiger partial charge in [0.15, 0.2) is 0 Å². The number of carbonyl (C=O) groups excluding carboxylic acids is 1. The number of halogens is 3. The van der Waals surface area contributed by atoms with Crippen molar-refractivity contribution < 1.29 is 13.6 Å². The van der Waals surface area contributed by atoms with Crippen molar-refractivity contribution >= 4 is 29.2 Å². The van der Waals surface area contributed by atoms with E-state index in [1.165, 1.54) is 53.4 Å². The standard InChI is InChI=1S/C13H9ClF2N2O/c14-17-13(19)18(11-5-1-9(15)2-6-11)12-7-3-10(16)4-8-12/h1-8H,(H,17,19). The van der Waals surface area contributed by atoms with E-state index >= 15 is 0 Å². The summed E-state index contributed by atoms with van der Waals surface area (Å²) in [6, 6.07) is 9.92. The van der Waals surface area contributed by atoms with Crippen molar-refractivity contribution in [2.75, 3.05) is 4.90 Å². The molecule has 0 radical (unpaired) electrons. The quantitative estimate of drug-likeness (QED) is 0.831. The molecule has 2 rings (SSSR count). The van der Waals surface area contributed by atoms with Crippen LogP contribution in [0.5, 0.6) is 0 Å². The molecule has 0 fully saturated rings. The Morgan fingerprint density at radius 1 is 0.895 bits per heavy atom. The van der Waals surface area contributed by atoms with Crippen LogP contribution in [-0.2, 0) is 0 Å². The van der Waals surface area contributed by atoms with Crippen molar-refractivity contribution in [1.29, 1.82) is 0 Å². The molecule has 0 aliphatic rings. The molecule has 3 nitrogen and oxygen atoms in total. The molecule has 2 amide bonds. The highest BCUT2D eigenvalue weighted by Crippen LogP contribution is 2.26. The molecular formula is C13H9ClF2N2O. The van der Waals surface area contributed by atoms with Gasteiger partial charge in [0, 0.05) is 11.8 Å². The molecular weight excluding hydrogens is 274 g/mol. The fourth-order valence-corrected chi connectivity index (χ4v) is 1.69. The minimum absolute atomic E-state index is 0.408. The molecule has 0 aliphatic carbocycles. The Morgan fingerprint density at radius 3 is 1.58 bits per heavy atom. The van der Waals surface area contributed by atoms with Gasteiger partial charge in [0.1, 0.15) is 11.6 Å². The second kappa shape index (κ2) is 5.67. The van der Waals surface area contributed by atoms with Crippen LogP contribution in [0, 0.1) is 11.6 Å². The predicted molar refractivity (Wildman–Crippen MR) is 69.3 cm³/mol. The lowest BCUT2D eigenvalue weighted by atomic mass is 10.2. The molecule has 2 aromatic rings. The summed E-state index contributed by atoms with van der Waals surface area (Å²) < 4.78 is 25.8. The molecule has 19 heavy (non-hydrogen) atoms. The SMILES string of the molecule is O=C(NCl)N(c1ccc(F)cc1)c1ccc(F)cc1. The van der Waals surface area contributed by atoms with Crippen molar-refractivity contribution in [2.45, 2.75) is 0 Å². The third-order valence-corrected chi connectivity index (χ3v) is 2.62. The second-order valence-electron chi connectivity index (χ2n) is 3.69. The number of carbonyl (C=O) groups is 1. The highest BCUT2D eigenvalue weighted by molar-refractivity contribution is 6.24. The molecule has 0 saturated heterocycles. The molecule has 0 heterocycles. The molecule has 0 saturated carbocycles. The van der Waals surface area contributed by atoms with Crippen LogP contribution in [0.1, 0.15) is 0 Å². The molecule has 0 aliphatic heterocycles. The van der Waals surface area contributed by atoms with Gasteiger partial charge in [-0.3, -0.25) is 4.90 Å². The number of nitrogens with one attached hydrogen (secondary N) is 1. The minimum atomic E-state index is -0.625. The Bertz CT molecular complexity index is 527. The summed E-state index contributed by atoms with van der Waals surface area (Å²) in [6.07, 6.45) is 0. The van der Waals surface area contributed by atoms with E-state index in [9.17, 15) is 13.6 Å². The molecule has 6 heteroatoms. The molecule has 0 spiro atoms. The molecule has 98 valence electrons. The van der Waals surface area contributed by atoms with E-state index in [2.05, 4.69) is 0 Å². The van der Waals surface area contributed by atoms with Crippen LogP contribution in [-0.4, -0.2) is 6.03 Å². The first kappa shape index (κ1) is 13.3. The third-order valence-electron chi connectivity index (χ3n) is 2.45. The van der Waals surface area contributed by atoms with E-state index < -0.39 is 17.7 Å². The lowest BCUT2D eigenvalue weighted by Gasteiger charge is -2.21. The molecule has 0 aromatic heterocycles. The second-order valence-corrected chi connectivity index (χ2v) is 3.88. The smallest absolute Gasteiger partial charge is 0.262 e. The molecule has 0 bridgehead atoms. The summed E-state index contributed by atoms with van der Waals surface area (Å²) in [5.41, 5.74) is 0.817. The maximum Gasteiger partial charge on any atom is 0.341 e. The Morgan fingerprint density at radius 2 is 1.26 bits per heavy atom. The van der Waals surface area contributed by atoms with Gasteiger partial charge < -0.3 is 0 Å². The van der Waals surface area contributed by atoms with Gasteiger partial charge in [-0.2, -0.15) is 0 Å². The predicted octanol–water partition coefficient (Wildman–Crippen LogP) is 3.97. The largest absolute Gasteiger partial charge is 0.341 e. The fraction of sp³-hybridized carbons (Fsp3) is 0. The zero-order valence-electron chi connectivity index (χ0n) is 9.61. The summed E-state index contributed by atoms with van der Waals surface area (Å²) in [4.78, 5) is 14.9. The summed E-state index contributed by atoms with van der Waals surface area (Å²) in [7, 11) is 0. The first-order valence-corrected chi connectivity index (χ1v) is 5.71. The monoisotopic (exact) mass is 282 g/mol. The Balaban J connectivity index is 2.44. The van der Waals surface area contributed by atoms with Crippen molar-refractivity contribution in [1.82, 2.24) is 4.84 Å². The molecule has 2 aromatic carbocycles. The van der Waals surface area contributed by atoms with Crippen LogP contribution < -0.4 is 9.74 Å². The van der Waals surface area contributed by atoms with Crippen molar-refractivity contribution in [3.8, 4) is 0 Å². The maximum absolute atomic E-state index is 12.9. The van der Waals surface area contributed by atoms with Gasteiger partial charge in [0.2, 0.25) is 0 Å². The Hall–Kier alpha value is -2.14. The number of anilines is 2. The van der Waals surface area contributed by atoms with Gasteiger partial charge in [0.25, 0.3) is 0 Å². The van der Waals surface area contributed by atoms with Crippen LogP contribution in [0.3, 0.4) is 0 Å². The molecule has 0 atom stereocenters. The van der Waals surface area contributed by atoms with Gasteiger partial charge in [-0.25, -0.2) is 18.4 Å². The van der Waals surface area contributed by atoms with Crippen molar-refractivity contribution in [3.05, 3.63) is 60.2 Å².